The van der Waals surface area contributed by atoms with Crippen molar-refractivity contribution in [3.63, 3.8) is 0 Å². The summed E-state index contributed by atoms with van der Waals surface area (Å²) in [4.78, 5) is 0.00681. The molecular weight excluding hydrogens is 261 g/mol. The fourth-order valence-corrected chi connectivity index (χ4v) is 3.46. The molecule has 7 heteroatoms. The van der Waals surface area contributed by atoms with Crippen molar-refractivity contribution in [3.05, 3.63) is 29.8 Å². The first-order chi connectivity index (χ1) is 7.21. The van der Waals surface area contributed by atoms with Crippen molar-refractivity contribution >= 4 is 19.1 Å². The van der Waals surface area contributed by atoms with E-state index in [-0.39, 0.29) is 15.2 Å². The van der Waals surface area contributed by atoms with E-state index in [1.807, 2.05) is 0 Å². The van der Waals surface area contributed by atoms with E-state index in [9.17, 15) is 21.9 Å². The standard InChI is InChI=1S/C9H9F3O2S2/c1-7-2-4-8(5-3-7)16(13,14)15-6-9(10,11)12/h2-5H,6H2,1H3/p+1. The topological polar surface area (TPSA) is 37.3 Å². The third-order valence-corrected chi connectivity index (χ3v) is 5.22. The fourth-order valence-electron chi connectivity index (χ4n) is 0.925. The van der Waals surface area contributed by atoms with Gasteiger partial charge in [0.1, 0.15) is 4.90 Å². The Morgan fingerprint density at radius 2 is 1.81 bits per heavy atom. The highest BCUT2D eigenvalue weighted by atomic mass is 32.9. The Morgan fingerprint density at radius 3 is 2.25 bits per heavy atom. The predicted molar refractivity (Wildman–Crippen MR) is 58.5 cm³/mol. The highest BCUT2D eigenvalue weighted by Crippen LogP contribution is 2.17. The highest BCUT2D eigenvalue weighted by Gasteiger charge is 2.36. The summed E-state index contributed by atoms with van der Waals surface area (Å²) >= 11 is 0. The summed E-state index contributed by atoms with van der Waals surface area (Å²) in [6.07, 6.45) is -4.44. The molecule has 1 N–H and O–H groups in total. The Bertz CT molecular complexity index is 471. The number of hydrogen-bond donors (Lipinski definition) is 1. The van der Waals surface area contributed by atoms with Gasteiger partial charge in [0, 0.05) is 0 Å². The first kappa shape index (κ1) is 13.4. The van der Waals surface area contributed by atoms with Crippen molar-refractivity contribution in [2.45, 2.75) is 18.0 Å². The Labute approximate surface area is 94.9 Å². The molecule has 0 aliphatic carbocycles. The average molecular weight is 271 g/mol. The molecule has 0 aliphatic heterocycles. The maximum absolute atomic E-state index is 11.9. The van der Waals surface area contributed by atoms with E-state index in [4.69, 9.17) is 0 Å². The molecule has 0 bridgehead atoms. The van der Waals surface area contributed by atoms with Crippen molar-refractivity contribution in [1.82, 2.24) is 0 Å². The molecule has 0 aromatic heterocycles. The van der Waals surface area contributed by atoms with Crippen LogP contribution in [0.3, 0.4) is 0 Å². The van der Waals surface area contributed by atoms with Crippen LogP contribution in [-0.2, 0) is 19.1 Å². The molecular formula is C9H10F3O2S2+. The zero-order valence-corrected chi connectivity index (χ0v) is 9.96. The van der Waals surface area contributed by atoms with Gasteiger partial charge in [0.05, 0.1) is 0 Å². The lowest BCUT2D eigenvalue weighted by atomic mass is 10.2. The molecule has 0 amide bonds. The maximum atomic E-state index is 11.9. The monoisotopic (exact) mass is 271 g/mol. The van der Waals surface area contributed by atoms with Crippen LogP contribution >= 0.6 is 0 Å². The molecule has 0 heterocycles. The highest BCUT2D eigenvalue weighted by molar-refractivity contribution is 8.36. The summed E-state index contributed by atoms with van der Waals surface area (Å²) in [6.45, 7) is 1.78. The molecule has 2 nitrogen and oxygen atoms in total. The summed E-state index contributed by atoms with van der Waals surface area (Å²) < 4.78 is 56.7. The minimum atomic E-state index is -4.44. The molecule has 0 fully saturated rings. The molecule has 1 atom stereocenters. The lowest BCUT2D eigenvalue weighted by Crippen LogP contribution is -2.15. The number of hydrogen-bond acceptors (Lipinski definition) is 1. The molecule has 16 heavy (non-hydrogen) atoms. The fraction of sp³-hybridized carbons (Fsp3) is 0.333. The quantitative estimate of drug-likeness (QED) is 0.840. The van der Waals surface area contributed by atoms with Crippen LogP contribution < -0.4 is 0 Å². The molecule has 0 spiro atoms. The second-order valence-electron chi connectivity index (χ2n) is 3.17. The van der Waals surface area contributed by atoms with Gasteiger partial charge in [-0.2, -0.15) is 17.4 Å². The molecule has 1 aromatic rings. The minimum Gasteiger partial charge on any atom is -0.270 e. The van der Waals surface area contributed by atoms with Gasteiger partial charge < -0.3 is 0 Å². The average Bonchev–Trinajstić information content (AvgIpc) is 2.15. The minimum absolute atomic E-state index is 0.00294. The summed E-state index contributed by atoms with van der Waals surface area (Å²) in [7, 11) is -3.66. The number of rotatable bonds is 2. The Morgan fingerprint density at radius 1 is 1.31 bits per heavy atom. The van der Waals surface area contributed by atoms with Gasteiger partial charge in [0.2, 0.25) is 0 Å². The molecule has 1 aromatic carbocycles. The molecule has 1 rings (SSSR count). The number of halogens is 3. The molecule has 1 unspecified atom stereocenters. The molecule has 0 saturated carbocycles. The van der Waals surface area contributed by atoms with Gasteiger partial charge in [0.25, 0.3) is 16.1 Å². The van der Waals surface area contributed by atoms with Crippen LogP contribution in [0.5, 0.6) is 0 Å². The van der Waals surface area contributed by atoms with Gasteiger partial charge in [0.15, 0.2) is 0 Å². The number of alkyl halides is 3. The zero-order chi connectivity index (χ0) is 12.4. The van der Waals surface area contributed by atoms with Gasteiger partial charge in [-0.25, -0.2) is 0 Å². The molecule has 0 saturated heterocycles. The lowest BCUT2D eigenvalue weighted by Gasteiger charge is -1.97. The van der Waals surface area contributed by atoms with Crippen LogP contribution in [0.1, 0.15) is 5.56 Å². The van der Waals surface area contributed by atoms with Crippen LogP contribution in [0, 0.1) is 6.92 Å². The lowest BCUT2D eigenvalue weighted by molar-refractivity contribution is -0.105. The van der Waals surface area contributed by atoms with Crippen molar-refractivity contribution in [2.75, 3.05) is 5.75 Å². The van der Waals surface area contributed by atoms with Gasteiger partial charge in [-0.1, -0.05) is 17.7 Å². The van der Waals surface area contributed by atoms with Crippen LogP contribution in [0.25, 0.3) is 0 Å². The summed E-state index contributed by atoms with van der Waals surface area (Å²) in [5, 5.41) is 0. The van der Waals surface area contributed by atoms with E-state index in [0.29, 0.717) is 0 Å². The van der Waals surface area contributed by atoms with E-state index in [1.165, 1.54) is 12.1 Å². The Kier molecular flexibility index (Phi) is 3.92. The van der Waals surface area contributed by atoms with E-state index in [0.717, 1.165) is 5.56 Å². The Hall–Kier alpha value is -0.660. The van der Waals surface area contributed by atoms with Gasteiger partial charge in [-0.05, 0) is 19.1 Å². The summed E-state index contributed by atoms with van der Waals surface area (Å²) in [6, 6.07) is 5.89. The number of benzene rings is 1. The first-order valence-electron chi connectivity index (χ1n) is 4.25. The maximum Gasteiger partial charge on any atom is 0.444 e. The van der Waals surface area contributed by atoms with Gasteiger partial charge >= 0.3 is 14.9 Å². The normalized spacial score (nSPS) is 15.6. The SMILES string of the molecule is Cc1ccc(S(=O)(O)=[S+]CC(F)(F)F)cc1. The zero-order valence-electron chi connectivity index (χ0n) is 8.32. The van der Waals surface area contributed by atoms with Crippen LogP contribution in [-0.4, -0.2) is 20.7 Å². The van der Waals surface area contributed by atoms with E-state index in [1.54, 1.807) is 19.1 Å². The van der Waals surface area contributed by atoms with Crippen molar-refractivity contribution in [1.29, 1.82) is 0 Å². The second-order valence-corrected chi connectivity index (χ2v) is 7.17. The summed E-state index contributed by atoms with van der Waals surface area (Å²) in [5.41, 5.74) is 0.875. The third kappa shape index (κ3) is 4.07. The van der Waals surface area contributed by atoms with Crippen LogP contribution in [0.15, 0.2) is 29.2 Å². The summed E-state index contributed by atoms with van der Waals surface area (Å²) in [5.74, 6) is -1.34. The van der Waals surface area contributed by atoms with Crippen molar-refractivity contribution < 1.29 is 21.9 Å². The van der Waals surface area contributed by atoms with Crippen LogP contribution in [0.4, 0.5) is 13.2 Å². The number of aryl methyl sites for hydroxylation is 1. The predicted octanol–water partition coefficient (Wildman–Crippen LogP) is 2.67. The Balaban J connectivity index is 3.02. The molecule has 90 valence electrons. The molecule has 0 aliphatic rings. The van der Waals surface area contributed by atoms with Crippen molar-refractivity contribution in [3.8, 4) is 0 Å². The first-order valence-corrected chi connectivity index (χ1v) is 7.27. The van der Waals surface area contributed by atoms with E-state index in [2.05, 4.69) is 0 Å². The largest absolute Gasteiger partial charge is 0.444 e. The third-order valence-electron chi connectivity index (χ3n) is 1.70. The van der Waals surface area contributed by atoms with Crippen LogP contribution in [0.2, 0.25) is 0 Å². The van der Waals surface area contributed by atoms with Gasteiger partial charge in [-0.15, -0.1) is 0 Å². The second kappa shape index (κ2) is 4.68. The van der Waals surface area contributed by atoms with Crippen molar-refractivity contribution in [2.24, 2.45) is 0 Å². The smallest absolute Gasteiger partial charge is 0.270 e. The van der Waals surface area contributed by atoms with Gasteiger partial charge in [-0.3, -0.25) is 4.55 Å². The van der Waals surface area contributed by atoms with E-state index >= 15 is 0 Å². The van der Waals surface area contributed by atoms with E-state index < -0.39 is 20.7 Å². The molecule has 0 radical (unpaired) electrons.